The Kier molecular flexibility index (Phi) is 5.68. The molecule has 1 aliphatic rings. The number of carbonyl (C=O) groups excluding carboxylic acids is 2. The van der Waals surface area contributed by atoms with E-state index in [4.69, 9.17) is 21.1 Å². The van der Waals surface area contributed by atoms with Crippen LogP contribution in [0.15, 0.2) is 54.6 Å². The van der Waals surface area contributed by atoms with Crippen LogP contribution in [0.4, 0.5) is 0 Å². The second kappa shape index (κ2) is 8.14. The molecule has 1 amide bonds. The highest BCUT2D eigenvalue weighted by Crippen LogP contribution is 2.24. The van der Waals surface area contributed by atoms with Gasteiger partial charge in [0.2, 0.25) is 6.10 Å². The molecule has 0 radical (unpaired) electrons. The van der Waals surface area contributed by atoms with Crippen LogP contribution in [-0.2, 0) is 14.3 Å². The van der Waals surface area contributed by atoms with E-state index >= 15 is 0 Å². The van der Waals surface area contributed by atoms with Crippen LogP contribution >= 0.6 is 11.6 Å². The van der Waals surface area contributed by atoms with Gasteiger partial charge in [0.1, 0.15) is 0 Å². The first-order chi connectivity index (χ1) is 12.2. The summed E-state index contributed by atoms with van der Waals surface area (Å²) in [7, 11) is 0. The van der Waals surface area contributed by atoms with Crippen molar-refractivity contribution < 1.29 is 19.1 Å². The van der Waals surface area contributed by atoms with Gasteiger partial charge in [-0.15, -0.1) is 0 Å². The summed E-state index contributed by atoms with van der Waals surface area (Å²) in [4.78, 5) is 27.1. The number of amides is 1. The maximum atomic E-state index is 12.9. The van der Waals surface area contributed by atoms with E-state index in [1.54, 1.807) is 53.4 Å². The number of rotatable bonds is 4. The third-order valence-corrected chi connectivity index (χ3v) is 4.30. The van der Waals surface area contributed by atoms with Gasteiger partial charge in [-0.2, -0.15) is 0 Å². The minimum absolute atomic E-state index is 0.236. The molecule has 6 heteroatoms. The van der Waals surface area contributed by atoms with Gasteiger partial charge in [0.05, 0.1) is 23.8 Å². The van der Waals surface area contributed by atoms with E-state index in [0.29, 0.717) is 31.9 Å². The molecule has 2 aromatic carbocycles. The summed E-state index contributed by atoms with van der Waals surface area (Å²) < 4.78 is 10.8. The minimum atomic E-state index is -1.01. The van der Waals surface area contributed by atoms with Crippen LogP contribution in [-0.4, -0.2) is 43.1 Å². The standard InChI is InChI=1S/C19H18ClNO4/c20-16-9-5-4-8-15(16)19(23)25-17(14-6-2-1-3-7-14)18(22)21-10-12-24-13-11-21/h1-9,17H,10-13H2. The van der Waals surface area contributed by atoms with Gasteiger partial charge in [0, 0.05) is 18.7 Å². The molecule has 2 aromatic rings. The van der Waals surface area contributed by atoms with Gasteiger partial charge in [0.15, 0.2) is 0 Å². The summed E-state index contributed by atoms with van der Waals surface area (Å²) in [6, 6.07) is 15.6. The number of morpholine rings is 1. The molecule has 25 heavy (non-hydrogen) atoms. The third kappa shape index (κ3) is 4.18. The predicted molar refractivity (Wildman–Crippen MR) is 93.4 cm³/mol. The van der Waals surface area contributed by atoms with E-state index in [1.807, 2.05) is 6.07 Å². The first-order valence-electron chi connectivity index (χ1n) is 8.04. The summed E-state index contributed by atoms with van der Waals surface area (Å²) in [6.07, 6.45) is -1.01. The zero-order valence-corrected chi connectivity index (χ0v) is 14.3. The smallest absolute Gasteiger partial charge is 0.340 e. The van der Waals surface area contributed by atoms with Crippen LogP contribution < -0.4 is 0 Å². The lowest BCUT2D eigenvalue weighted by atomic mass is 10.1. The van der Waals surface area contributed by atoms with Crippen LogP contribution in [0.5, 0.6) is 0 Å². The van der Waals surface area contributed by atoms with Crippen molar-refractivity contribution in [2.24, 2.45) is 0 Å². The van der Waals surface area contributed by atoms with Crippen LogP contribution in [0.3, 0.4) is 0 Å². The molecular formula is C19H18ClNO4. The fourth-order valence-corrected chi connectivity index (χ4v) is 2.85. The summed E-state index contributed by atoms with van der Waals surface area (Å²) in [5, 5.41) is 0.290. The lowest BCUT2D eigenvalue weighted by molar-refractivity contribution is -0.145. The maximum Gasteiger partial charge on any atom is 0.340 e. The molecule has 1 aliphatic heterocycles. The molecule has 0 aliphatic carbocycles. The van der Waals surface area contributed by atoms with Gasteiger partial charge in [0.25, 0.3) is 5.91 Å². The highest BCUT2D eigenvalue weighted by molar-refractivity contribution is 6.33. The predicted octanol–water partition coefficient (Wildman–Crippen LogP) is 3.10. The van der Waals surface area contributed by atoms with Crippen molar-refractivity contribution in [1.29, 1.82) is 0 Å². The molecule has 1 fully saturated rings. The first-order valence-corrected chi connectivity index (χ1v) is 8.41. The topological polar surface area (TPSA) is 55.8 Å². The summed E-state index contributed by atoms with van der Waals surface area (Å²) in [6.45, 7) is 1.91. The zero-order valence-electron chi connectivity index (χ0n) is 13.6. The Hall–Kier alpha value is -2.37. The molecule has 1 saturated heterocycles. The van der Waals surface area contributed by atoms with E-state index in [-0.39, 0.29) is 16.5 Å². The second-order valence-electron chi connectivity index (χ2n) is 5.61. The molecule has 0 spiro atoms. The van der Waals surface area contributed by atoms with Gasteiger partial charge < -0.3 is 14.4 Å². The molecule has 130 valence electrons. The van der Waals surface area contributed by atoms with Crippen molar-refractivity contribution in [2.45, 2.75) is 6.10 Å². The zero-order chi connectivity index (χ0) is 17.6. The summed E-state index contributed by atoms with van der Waals surface area (Å²) >= 11 is 6.06. The van der Waals surface area contributed by atoms with Crippen molar-refractivity contribution in [3.8, 4) is 0 Å². The number of halogens is 1. The number of benzene rings is 2. The summed E-state index contributed by atoms with van der Waals surface area (Å²) in [5.74, 6) is -0.879. The number of nitrogens with zero attached hydrogens (tertiary/aromatic N) is 1. The molecule has 1 unspecified atom stereocenters. The average molecular weight is 360 g/mol. The van der Waals surface area contributed by atoms with Gasteiger partial charge in [-0.25, -0.2) is 4.79 Å². The number of ether oxygens (including phenoxy) is 2. The Morgan fingerprint density at radius 1 is 1.00 bits per heavy atom. The maximum absolute atomic E-state index is 12.9. The monoisotopic (exact) mass is 359 g/mol. The van der Waals surface area contributed by atoms with Crippen molar-refractivity contribution in [3.63, 3.8) is 0 Å². The Morgan fingerprint density at radius 2 is 1.64 bits per heavy atom. The Morgan fingerprint density at radius 3 is 2.32 bits per heavy atom. The van der Waals surface area contributed by atoms with E-state index in [1.165, 1.54) is 0 Å². The fourth-order valence-electron chi connectivity index (χ4n) is 2.64. The summed E-state index contributed by atoms with van der Waals surface area (Å²) in [5.41, 5.74) is 0.860. The Bertz CT molecular complexity index is 744. The largest absolute Gasteiger partial charge is 0.444 e. The normalized spacial score (nSPS) is 15.5. The van der Waals surface area contributed by atoms with E-state index in [2.05, 4.69) is 0 Å². The molecular weight excluding hydrogens is 342 g/mol. The molecule has 1 heterocycles. The number of carbonyl (C=O) groups is 2. The Balaban J connectivity index is 1.85. The molecule has 3 rings (SSSR count). The van der Waals surface area contributed by atoms with Gasteiger partial charge in [-0.1, -0.05) is 54.1 Å². The van der Waals surface area contributed by atoms with Crippen LogP contribution in [0.1, 0.15) is 22.0 Å². The van der Waals surface area contributed by atoms with E-state index < -0.39 is 12.1 Å². The Labute approximate surface area is 151 Å². The first kappa shape index (κ1) is 17.5. The van der Waals surface area contributed by atoms with Crippen molar-refractivity contribution in [3.05, 3.63) is 70.7 Å². The molecule has 1 atom stereocenters. The van der Waals surface area contributed by atoms with Crippen LogP contribution in [0, 0.1) is 0 Å². The number of hydrogen-bond acceptors (Lipinski definition) is 4. The second-order valence-corrected chi connectivity index (χ2v) is 6.02. The lowest BCUT2D eigenvalue weighted by Crippen LogP contribution is -2.44. The third-order valence-electron chi connectivity index (χ3n) is 3.97. The van der Waals surface area contributed by atoms with Crippen LogP contribution in [0.25, 0.3) is 0 Å². The van der Waals surface area contributed by atoms with Crippen molar-refractivity contribution >= 4 is 23.5 Å². The van der Waals surface area contributed by atoms with Crippen molar-refractivity contribution in [1.82, 2.24) is 4.90 Å². The van der Waals surface area contributed by atoms with E-state index in [9.17, 15) is 9.59 Å². The number of hydrogen-bond donors (Lipinski definition) is 0. The molecule has 5 nitrogen and oxygen atoms in total. The van der Waals surface area contributed by atoms with Crippen LogP contribution in [0.2, 0.25) is 5.02 Å². The quantitative estimate of drug-likeness (QED) is 0.787. The molecule has 0 N–H and O–H groups in total. The molecule has 0 aromatic heterocycles. The average Bonchev–Trinajstić information content (AvgIpc) is 2.67. The number of esters is 1. The van der Waals surface area contributed by atoms with Gasteiger partial charge in [-0.3, -0.25) is 4.79 Å². The minimum Gasteiger partial charge on any atom is -0.444 e. The SMILES string of the molecule is O=C(OC(C(=O)N1CCOCC1)c1ccccc1)c1ccccc1Cl. The molecule has 0 saturated carbocycles. The van der Waals surface area contributed by atoms with Crippen molar-refractivity contribution in [2.75, 3.05) is 26.3 Å². The van der Waals surface area contributed by atoms with E-state index in [0.717, 1.165) is 0 Å². The van der Waals surface area contributed by atoms with Gasteiger partial charge in [-0.05, 0) is 12.1 Å². The molecule has 0 bridgehead atoms. The highest BCUT2D eigenvalue weighted by atomic mass is 35.5. The fraction of sp³-hybridized carbons (Fsp3) is 0.263. The lowest BCUT2D eigenvalue weighted by Gasteiger charge is -2.30. The van der Waals surface area contributed by atoms with Gasteiger partial charge >= 0.3 is 5.97 Å². The highest BCUT2D eigenvalue weighted by Gasteiger charge is 2.31.